The number of carbonyl (C=O) groups excluding carboxylic acids is 2. The summed E-state index contributed by atoms with van der Waals surface area (Å²) >= 11 is 7.36. The highest BCUT2D eigenvalue weighted by Gasteiger charge is 2.42. The molecular formula is C23H18ClFN8O2S. The van der Waals surface area contributed by atoms with Gasteiger partial charge in [0.05, 0.1) is 28.6 Å². The molecule has 10 nitrogen and oxygen atoms in total. The summed E-state index contributed by atoms with van der Waals surface area (Å²) in [5, 5.41) is 12.9. The van der Waals surface area contributed by atoms with E-state index in [0.29, 0.717) is 46.1 Å². The van der Waals surface area contributed by atoms with E-state index >= 15 is 4.39 Å². The van der Waals surface area contributed by atoms with Gasteiger partial charge in [0.15, 0.2) is 5.82 Å². The number of tetrazole rings is 1. The molecule has 0 saturated carbocycles. The van der Waals surface area contributed by atoms with Crippen LogP contribution in [-0.4, -0.2) is 52.9 Å². The Labute approximate surface area is 212 Å². The van der Waals surface area contributed by atoms with E-state index < -0.39 is 11.7 Å². The second kappa shape index (κ2) is 8.64. The summed E-state index contributed by atoms with van der Waals surface area (Å²) in [6, 6.07) is 4.46. The van der Waals surface area contributed by atoms with Gasteiger partial charge in [0.2, 0.25) is 5.91 Å². The molecule has 4 aromatic rings. The number of hydrogen-bond donors (Lipinski definition) is 2. The molecule has 0 aliphatic carbocycles. The van der Waals surface area contributed by atoms with Crippen molar-refractivity contribution in [3.63, 3.8) is 0 Å². The molecule has 3 N–H and O–H groups in total. The average molecular weight is 525 g/mol. The minimum absolute atomic E-state index is 0.0474. The van der Waals surface area contributed by atoms with Gasteiger partial charge in [-0.25, -0.2) is 9.37 Å². The van der Waals surface area contributed by atoms with Crippen LogP contribution < -0.4 is 5.73 Å². The van der Waals surface area contributed by atoms with Crippen LogP contribution in [0.5, 0.6) is 0 Å². The molecule has 2 aliphatic heterocycles. The summed E-state index contributed by atoms with van der Waals surface area (Å²) in [6.45, 7) is 0. The van der Waals surface area contributed by atoms with Crippen molar-refractivity contribution in [2.45, 2.75) is 31.3 Å². The predicted molar refractivity (Wildman–Crippen MR) is 130 cm³/mol. The number of rotatable bonds is 5. The lowest BCUT2D eigenvalue weighted by Gasteiger charge is -2.33. The lowest BCUT2D eigenvalue weighted by Crippen LogP contribution is -2.39. The molecule has 1 aromatic carbocycles. The van der Waals surface area contributed by atoms with Crippen molar-refractivity contribution in [1.29, 1.82) is 0 Å². The zero-order chi connectivity index (χ0) is 25.0. The van der Waals surface area contributed by atoms with E-state index in [4.69, 9.17) is 17.3 Å². The highest BCUT2D eigenvalue weighted by atomic mass is 35.5. The smallest absolute Gasteiger partial charge is 0.259 e. The lowest BCUT2D eigenvalue weighted by atomic mass is 9.92. The maximum absolute atomic E-state index is 15.3. The molecule has 0 unspecified atom stereocenters. The number of aromatic amines is 1. The zero-order valence-corrected chi connectivity index (χ0v) is 20.1. The van der Waals surface area contributed by atoms with Gasteiger partial charge >= 0.3 is 0 Å². The van der Waals surface area contributed by atoms with E-state index in [0.717, 1.165) is 6.42 Å². The number of benzene rings is 1. The number of imidazole rings is 1. The van der Waals surface area contributed by atoms with E-state index in [2.05, 4.69) is 25.5 Å². The number of primary amides is 1. The summed E-state index contributed by atoms with van der Waals surface area (Å²) in [6.07, 6.45) is 6.31. The van der Waals surface area contributed by atoms with Crippen molar-refractivity contribution in [3.05, 3.63) is 69.3 Å². The van der Waals surface area contributed by atoms with Crippen molar-refractivity contribution in [3.8, 4) is 16.9 Å². The normalized spacial score (nSPS) is 19.4. The summed E-state index contributed by atoms with van der Waals surface area (Å²) < 4.78 is 16.6. The van der Waals surface area contributed by atoms with Gasteiger partial charge in [-0.2, -0.15) is 4.68 Å². The Bertz CT molecular complexity index is 1530. The van der Waals surface area contributed by atoms with Crippen molar-refractivity contribution in [1.82, 2.24) is 35.1 Å². The summed E-state index contributed by atoms with van der Waals surface area (Å²) in [4.78, 5) is 35.1. The molecule has 2 amide bonds. The Balaban J connectivity index is 1.33. The van der Waals surface area contributed by atoms with E-state index in [1.807, 2.05) is 6.07 Å². The average Bonchev–Trinajstić information content (AvgIpc) is 3.66. The van der Waals surface area contributed by atoms with Crippen molar-refractivity contribution < 1.29 is 14.0 Å². The Morgan fingerprint density at radius 2 is 2.14 bits per heavy atom. The Kier molecular flexibility index (Phi) is 5.41. The molecule has 13 heteroatoms. The number of amides is 2. The summed E-state index contributed by atoms with van der Waals surface area (Å²) in [7, 11) is 0. The standard InChI is InChI=1S/C23H18ClFN8O2S/c24-14-2-4-16(32-10-28-30-31-32)19(20(14)25)11-7-12-1-3-17(33(12)18(34)8-11)23-27-9-15(29-23)13-5-6-36-21(13)22(26)35/h2,4-6,8-10,12,17H,1,3,7H2,(H2,26,35)(H,27,29)/t12-,17+/m1/s1. The highest BCUT2D eigenvalue weighted by molar-refractivity contribution is 7.12. The molecule has 1 fully saturated rings. The summed E-state index contributed by atoms with van der Waals surface area (Å²) in [5.74, 6) is -0.738. The van der Waals surface area contributed by atoms with Crippen LogP contribution in [0.4, 0.5) is 4.39 Å². The number of thiophene rings is 1. The molecule has 6 rings (SSSR count). The number of nitrogens with one attached hydrogen (secondary N) is 1. The monoisotopic (exact) mass is 524 g/mol. The van der Waals surface area contributed by atoms with Crippen LogP contribution in [0.3, 0.4) is 0 Å². The lowest BCUT2D eigenvalue weighted by molar-refractivity contribution is -0.129. The predicted octanol–water partition coefficient (Wildman–Crippen LogP) is 3.52. The fourth-order valence-corrected chi connectivity index (χ4v) is 5.98. The van der Waals surface area contributed by atoms with Crippen LogP contribution in [0.1, 0.15) is 46.4 Å². The number of hydrogen-bond acceptors (Lipinski definition) is 7. The first kappa shape index (κ1) is 22.6. The number of nitrogens with zero attached hydrogens (tertiary/aromatic N) is 6. The highest BCUT2D eigenvalue weighted by Crippen LogP contribution is 2.44. The Hall–Kier alpha value is -3.90. The second-order valence-corrected chi connectivity index (χ2v) is 9.91. The molecule has 5 heterocycles. The van der Waals surface area contributed by atoms with Gasteiger partial charge in [-0.1, -0.05) is 11.6 Å². The maximum atomic E-state index is 15.3. The summed E-state index contributed by atoms with van der Waals surface area (Å²) in [5.41, 5.74) is 7.98. The van der Waals surface area contributed by atoms with Crippen LogP contribution >= 0.6 is 22.9 Å². The molecule has 0 spiro atoms. The van der Waals surface area contributed by atoms with E-state index in [-0.39, 0.29) is 28.6 Å². The number of H-pyrrole nitrogens is 1. The minimum Gasteiger partial charge on any atom is -0.365 e. The fraction of sp³-hybridized carbons (Fsp3) is 0.217. The number of carbonyl (C=O) groups is 2. The SMILES string of the molecule is NC(=O)c1sccc1-c1cnc([C@@H]2CC[C@@H]3CC(c4c(-n5cnnn5)ccc(Cl)c4F)=CC(=O)N32)[nH]1. The quantitative estimate of drug-likeness (QED) is 0.410. The molecule has 2 aliphatic rings. The number of aromatic nitrogens is 6. The van der Waals surface area contributed by atoms with Gasteiger partial charge < -0.3 is 15.6 Å². The number of halogens is 2. The van der Waals surface area contributed by atoms with Crippen molar-refractivity contribution in [2.24, 2.45) is 5.73 Å². The molecule has 2 atom stereocenters. The molecule has 0 radical (unpaired) electrons. The van der Waals surface area contributed by atoms with E-state index in [9.17, 15) is 9.59 Å². The first-order valence-corrected chi connectivity index (χ1v) is 12.3. The Morgan fingerprint density at radius 1 is 1.28 bits per heavy atom. The first-order chi connectivity index (χ1) is 17.4. The van der Waals surface area contributed by atoms with Gasteiger partial charge in [0.25, 0.3) is 5.91 Å². The zero-order valence-electron chi connectivity index (χ0n) is 18.6. The number of nitrogens with two attached hydrogens (primary N) is 1. The maximum Gasteiger partial charge on any atom is 0.259 e. The second-order valence-electron chi connectivity index (χ2n) is 8.59. The molecule has 1 saturated heterocycles. The van der Waals surface area contributed by atoms with Gasteiger partial charge in [-0.15, -0.1) is 16.4 Å². The topological polar surface area (TPSA) is 136 Å². The first-order valence-electron chi connectivity index (χ1n) is 11.1. The molecule has 182 valence electrons. The number of fused-ring (bicyclic) bond motifs is 1. The van der Waals surface area contributed by atoms with Crippen LogP contribution in [0.25, 0.3) is 22.5 Å². The van der Waals surface area contributed by atoms with Crippen LogP contribution in [0.15, 0.2) is 42.2 Å². The van der Waals surface area contributed by atoms with Crippen LogP contribution in [0.2, 0.25) is 5.02 Å². The van der Waals surface area contributed by atoms with Crippen molar-refractivity contribution >= 4 is 40.3 Å². The van der Waals surface area contributed by atoms with Gasteiger partial charge in [-0.3, -0.25) is 9.59 Å². The van der Waals surface area contributed by atoms with Gasteiger partial charge in [0.1, 0.15) is 17.0 Å². The third-order valence-electron chi connectivity index (χ3n) is 6.59. The largest absolute Gasteiger partial charge is 0.365 e. The van der Waals surface area contributed by atoms with Crippen LogP contribution in [-0.2, 0) is 4.79 Å². The van der Waals surface area contributed by atoms with Crippen LogP contribution in [0, 0.1) is 5.82 Å². The molecular weight excluding hydrogens is 507 g/mol. The van der Waals surface area contributed by atoms with Gasteiger partial charge in [-0.05, 0) is 58.8 Å². The Morgan fingerprint density at radius 3 is 2.92 bits per heavy atom. The fourth-order valence-electron chi connectivity index (χ4n) is 5.06. The molecule has 36 heavy (non-hydrogen) atoms. The van der Waals surface area contributed by atoms with Gasteiger partial charge in [0, 0.05) is 23.2 Å². The molecule has 3 aromatic heterocycles. The van der Waals surface area contributed by atoms with E-state index in [1.54, 1.807) is 22.5 Å². The van der Waals surface area contributed by atoms with E-state index in [1.165, 1.54) is 34.5 Å². The molecule has 0 bridgehead atoms. The third-order valence-corrected chi connectivity index (χ3v) is 7.81. The third kappa shape index (κ3) is 3.60. The minimum atomic E-state index is -0.622. The van der Waals surface area contributed by atoms with Crippen molar-refractivity contribution in [2.75, 3.05) is 0 Å².